The summed E-state index contributed by atoms with van der Waals surface area (Å²) in [5.74, 6) is -5.90. The first-order valence-electron chi connectivity index (χ1n) is 11.8. The lowest BCUT2D eigenvalue weighted by atomic mass is 9.89. The second-order valence-corrected chi connectivity index (χ2v) is 11.0. The number of benzene rings is 1. The van der Waals surface area contributed by atoms with Gasteiger partial charge >= 0.3 is 22.3 Å². The van der Waals surface area contributed by atoms with Crippen LogP contribution in [0.15, 0.2) is 47.1 Å². The second-order valence-electron chi connectivity index (χ2n) is 9.16. The molecule has 0 aliphatic carbocycles. The van der Waals surface area contributed by atoms with Gasteiger partial charge in [0.05, 0.1) is 6.26 Å². The fraction of sp³-hybridized carbons (Fsp3) is 0.391. The van der Waals surface area contributed by atoms with E-state index in [1.165, 1.54) is 54.6 Å². The zero-order valence-electron chi connectivity index (χ0n) is 20.4. The molecule has 0 saturated carbocycles. The lowest BCUT2D eigenvalue weighted by molar-refractivity contribution is -0.206. The van der Waals surface area contributed by atoms with Crippen molar-refractivity contribution in [1.29, 1.82) is 0 Å². The molecule has 0 bridgehead atoms. The number of furan rings is 1. The zero-order valence-corrected chi connectivity index (χ0v) is 21.2. The molecule has 0 radical (unpaired) electrons. The van der Waals surface area contributed by atoms with Gasteiger partial charge in [-0.3, -0.25) is 9.59 Å². The number of β-lactam (4-membered cyclic amide) rings is 1. The highest BCUT2D eigenvalue weighted by Gasteiger charge is 2.67. The van der Waals surface area contributed by atoms with Crippen LogP contribution >= 0.6 is 0 Å². The van der Waals surface area contributed by atoms with Crippen LogP contribution < -0.4 is 4.90 Å². The van der Waals surface area contributed by atoms with Gasteiger partial charge in [0, 0.05) is 26.7 Å². The molecule has 2 unspecified atom stereocenters. The van der Waals surface area contributed by atoms with E-state index in [4.69, 9.17) is 4.42 Å². The molecule has 5 rings (SSSR count). The Morgan fingerprint density at radius 3 is 2.41 bits per heavy atom. The molecule has 1 amide bonds. The van der Waals surface area contributed by atoms with E-state index in [0.717, 1.165) is 4.31 Å². The van der Waals surface area contributed by atoms with Crippen LogP contribution in [0.5, 0.6) is 0 Å². The molecule has 4 heterocycles. The Morgan fingerprint density at radius 2 is 1.82 bits per heavy atom. The Hall–Kier alpha value is -3.79. The third kappa shape index (κ3) is 4.78. The Kier molecular flexibility index (Phi) is 6.70. The van der Waals surface area contributed by atoms with Crippen LogP contribution in [0.2, 0.25) is 0 Å². The number of hydrogen-bond donors (Lipinski definition) is 0. The molecule has 16 heteroatoms. The number of alkyl halides is 3. The fourth-order valence-electron chi connectivity index (χ4n) is 4.61. The minimum atomic E-state index is -5.14. The molecule has 3 aromatic rings. The van der Waals surface area contributed by atoms with Gasteiger partial charge in [-0.05, 0) is 42.7 Å². The Balaban J connectivity index is 1.53. The van der Waals surface area contributed by atoms with Gasteiger partial charge in [-0.2, -0.15) is 35.6 Å². The largest absolute Gasteiger partial charge is 0.459 e. The van der Waals surface area contributed by atoms with Crippen molar-refractivity contribution in [3.05, 3.63) is 65.6 Å². The summed E-state index contributed by atoms with van der Waals surface area (Å²) in [7, 11) is -3.26. The molecule has 39 heavy (non-hydrogen) atoms. The van der Waals surface area contributed by atoms with Gasteiger partial charge in [-0.15, -0.1) is 5.10 Å². The SMILES string of the molecule is CN(Cc1ccc(F)cc1)c1nc(C2C(=O)N(S(=O)(=O)N3CCCC3)C2C(F)(F)F)nn1C(=O)c1ccco1. The Labute approximate surface area is 219 Å². The first kappa shape index (κ1) is 26.8. The van der Waals surface area contributed by atoms with E-state index in [1.807, 2.05) is 0 Å². The van der Waals surface area contributed by atoms with Crippen molar-refractivity contribution < 1.29 is 40.0 Å². The smallest absolute Gasteiger partial charge is 0.411 e. The molecule has 2 saturated heterocycles. The average Bonchev–Trinajstić information content (AvgIpc) is 3.65. The van der Waals surface area contributed by atoms with Gasteiger partial charge in [0.1, 0.15) is 11.7 Å². The van der Waals surface area contributed by atoms with Crippen LogP contribution in [0.25, 0.3) is 0 Å². The van der Waals surface area contributed by atoms with E-state index >= 15 is 0 Å². The van der Waals surface area contributed by atoms with Crippen LogP contribution in [0.3, 0.4) is 0 Å². The molecule has 2 aliphatic heterocycles. The zero-order chi connectivity index (χ0) is 28.1. The third-order valence-corrected chi connectivity index (χ3v) is 8.43. The van der Waals surface area contributed by atoms with Gasteiger partial charge in [0.25, 0.3) is 5.91 Å². The van der Waals surface area contributed by atoms with Gasteiger partial charge in [0.15, 0.2) is 17.6 Å². The number of carbonyl (C=O) groups excluding carboxylic acids is 2. The number of carbonyl (C=O) groups is 2. The Bertz CT molecular complexity index is 1480. The van der Waals surface area contributed by atoms with Crippen molar-refractivity contribution >= 4 is 28.0 Å². The van der Waals surface area contributed by atoms with Crippen LogP contribution in [0.1, 0.15) is 40.7 Å². The van der Waals surface area contributed by atoms with E-state index in [2.05, 4.69) is 10.1 Å². The number of halogens is 4. The molecular formula is C23H22F4N6O5S. The van der Waals surface area contributed by atoms with Gasteiger partial charge < -0.3 is 9.32 Å². The monoisotopic (exact) mass is 570 g/mol. The van der Waals surface area contributed by atoms with Crippen LogP contribution in [-0.4, -0.2) is 76.0 Å². The van der Waals surface area contributed by atoms with Crippen molar-refractivity contribution in [2.24, 2.45) is 0 Å². The van der Waals surface area contributed by atoms with E-state index < -0.39 is 51.8 Å². The molecule has 0 N–H and O–H groups in total. The van der Waals surface area contributed by atoms with E-state index in [1.54, 1.807) is 0 Å². The van der Waals surface area contributed by atoms with Crippen LogP contribution in [0, 0.1) is 5.82 Å². The predicted octanol–water partition coefficient (Wildman–Crippen LogP) is 2.53. The quantitative estimate of drug-likeness (QED) is 0.314. The highest BCUT2D eigenvalue weighted by molar-refractivity contribution is 7.87. The minimum Gasteiger partial charge on any atom is -0.459 e. The predicted molar refractivity (Wildman–Crippen MR) is 126 cm³/mol. The van der Waals surface area contributed by atoms with E-state index in [9.17, 15) is 35.6 Å². The maximum absolute atomic E-state index is 14.2. The first-order valence-corrected chi connectivity index (χ1v) is 13.2. The summed E-state index contributed by atoms with van der Waals surface area (Å²) in [6.07, 6.45) is -3.00. The lowest BCUT2D eigenvalue weighted by Crippen LogP contribution is -2.69. The summed E-state index contributed by atoms with van der Waals surface area (Å²) in [4.78, 5) is 31.6. The molecule has 0 spiro atoms. The number of rotatable bonds is 7. The maximum atomic E-state index is 14.2. The molecule has 2 atom stereocenters. The molecular weight excluding hydrogens is 548 g/mol. The highest BCUT2D eigenvalue weighted by Crippen LogP contribution is 2.46. The summed E-state index contributed by atoms with van der Waals surface area (Å²) >= 11 is 0. The molecule has 2 aromatic heterocycles. The molecule has 11 nitrogen and oxygen atoms in total. The van der Waals surface area contributed by atoms with E-state index in [-0.39, 0.29) is 35.6 Å². The number of anilines is 1. The van der Waals surface area contributed by atoms with Crippen molar-refractivity contribution in [1.82, 2.24) is 23.4 Å². The average molecular weight is 571 g/mol. The third-order valence-electron chi connectivity index (χ3n) is 6.51. The molecule has 208 valence electrons. The summed E-state index contributed by atoms with van der Waals surface area (Å²) in [5.41, 5.74) is 0.580. The van der Waals surface area contributed by atoms with Crippen LogP contribution in [-0.2, 0) is 21.5 Å². The maximum Gasteiger partial charge on any atom is 0.411 e. The summed E-state index contributed by atoms with van der Waals surface area (Å²) < 4.78 is 88.2. The minimum absolute atomic E-state index is 0.00418. The molecule has 2 aliphatic rings. The normalized spacial score (nSPS) is 20.3. The van der Waals surface area contributed by atoms with Crippen molar-refractivity contribution in [3.63, 3.8) is 0 Å². The van der Waals surface area contributed by atoms with Crippen molar-refractivity contribution in [2.45, 2.75) is 37.5 Å². The van der Waals surface area contributed by atoms with Gasteiger partial charge in [-0.25, -0.2) is 8.70 Å². The Morgan fingerprint density at radius 1 is 1.15 bits per heavy atom. The van der Waals surface area contributed by atoms with Crippen molar-refractivity contribution in [2.75, 3.05) is 25.0 Å². The van der Waals surface area contributed by atoms with E-state index in [0.29, 0.717) is 23.1 Å². The first-order chi connectivity index (χ1) is 18.4. The summed E-state index contributed by atoms with van der Waals surface area (Å²) in [6, 6.07) is 5.35. The number of amides is 1. The fourth-order valence-corrected chi connectivity index (χ4v) is 6.45. The number of aromatic nitrogens is 3. The van der Waals surface area contributed by atoms with Crippen LogP contribution in [0.4, 0.5) is 23.5 Å². The van der Waals surface area contributed by atoms with Crippen molar-refractivity contribution in [3.8, 4) is 0 Å². The highest BCUT2D eigenvalue weighted by atomic mass is 32.2. The second kappa shape index (κ2) is 9.75. The molecule has 1 aromatic carbocycles. The number of hydrogen-bond acceptors (Lipinski definition) is 8. The van der Waals surface area contributed by atoms with Gasteiger partial charge in [-0.1, -0.05) is 12.1 Å². The number of nitrogens with zero attached hydrogens (tertiary/aromatic N) is 6. The van der Waals surface area contributed by atoms with Gasteiger partial charge in [0.2, 0.25) is 5.95 Å². The summed E-state index contributed by atoms with van der Waals surface area (Å²) in [5, 5.41) is 3.93. The topological polar surface area (TPSA) is 122 Å². The standard InChI is InChI=1S/C23H22F4N6O5S/c1-30(13-14-6-8-15(24)9-7-14)22-28-19(29-32(22)20(34)16-5-4-12-38-16)17-18(23(25,26)27)33(21(17)35)39(36,37)31-10-2-3-11-31/h4-9,12,17-18H,2-3,10-11,13H2,1H3. The molecule has 2 fully saturated rings. The summed E-state index contributed by atoms with van der Waals surface area (Å²) in [6.45, 7) is 0.0506. The lowest BCUT2D eigenvalue weighted by Gasteiger charge is -2.46.